The third kappa shape index (κ3) is 2.22. The van der Waals surface area contributed by atoms with Gasteiger partial charge in [-0.15, -0.1) is 0 Å². The number of aromatic amines is 2. The molecule has 2 aromatic heterocycles. The molecular formula is C18H16N2O. The number of hydrogen-bond donors (Lipinski definition) is 2. The van der Waals surface area contributed by atoms with Gasteiger partial charge in [-0.05, 0) is 22.9 Å². The quantitative estimate of drug-likeness (QED) is 0.571. The molecule has 0 radical (unpaired) electrons. The molecule has 3 nitrogen and oxygen atoms in total. The molecule has 0 fully saturated rings. The molecule has 2 N–H and O–H groups in total. The Morgan fingerprint density at radius 2 is 1.19 bits per heavy atom. The van der Waals surface area contributed by atoms with Gasteiger partial charge in [0.05, 0.1) is 24.2 Å². The van der Waals surface area contributed by atoms with Crippen LogP contribution >= 0.6 is 0 Å². The minimum Gasteiger partial charge on any atom is -0.372 e. The molecular weight excluding hydrogens is 260 g/mol. The van der Waals surface area contributed by atoms with Gasteiger partial charge in [0.15, 0.2) is 0 Å². The zero-order chi connectivity index (χ0) is 14.1. The number of fused-ring (bicyclic) bond motifs is 2. The lowest BCUT2D eigenvalue weighted by atomic mass is 10.1. The lowest BCUT2D eigenvalue weighted by Crippen LogP contribution is -1.96. The maximum Gasteiger partial charge on any atom is 0.0741 e. The predicted molar refractivity (Wildman–Crippen MR) is 85.1 cm³/mol. The van der Waals surface area contributed by atoms with Crippen LogP contribution in [-0.4, -0.2) is 9.97 Å². The second-order valence-corrected chi connectivity index (χ2v) is 5.21. The average Bonchev–Trinajstić information content (AvgIpc) is 3.16. The number of H-pyrrole nitrogens is 2. The number of rotatable bonds is 4. The van der Waals surface area contributed by atoms with Crippen molar-refractivity contribution in [1.82, 2.24) is 9.97 Å². The maximum atomic E-state index is 5.92. The van der Waals surface area contributed by atoms with Crippen LogP contribution in [-0.2, 0) is 18.0 Å². The maximum absolute atomic E-state index is 5.92. The topological polar surface area (TPSA) is 40.8 Å². The summed E-state index contributed by atoms with van der Waals surface area (Å²) in [5.41, 5.74) is 4.71. The van der Waals surface area contributed by atoms with E-state index in [2.05, 4.69) is 58.5 Å². The third-order valence-corrected chi connectivity index (χ3v) is 3.86. The van der Waals surface area contributed by atoms with E-state index in [0.717, 1.165) is 11.0 Å². The second kappa shape index (κ2) is 5.11. The van der Waals surface area contributed by atoms with Crippen molar-refractivity contribution in [3.05, 3.63) is 72.1 Å². The van der Waals surface area contributed by atoms with Crippen molar-refractivity contribution in [3.63, 3.8) is 0 Å². The van der Waals surface area contributed by atoms with Crippen molar-refractivity contribution in [1.29, 1.82) is 0 Å². The molecule has 0 aliphatic heterocycles. The molecule has 0 bridgehead atoms. The summed E-state index contributed by atoms with van der Waals surface area (Å²) in [4.78, 5) is 6.55. The molecule has 0 amide bonds. The first-order valence-electron chi connectivity index (χ1n) is 7.09. The van der Waals surface area contributed by atoms with Gasteiger partial charge < -0.3 is 14.7 Å². The minimum atomic E-state index is 0.606. The fourth-order valence-electron chi connectivity index (χ4n) is 2.81. The monoisotopic (exact) mass is 276 g/mol. The molecule has 4 rings (SSSR count). The Morgan fingerprint density at radius 3 is 1.71 bits per heavy atom. The largest absolute Gasteiger partial charge is 0.372 e. The van der Waals surface area contributed by atoms with Gasteiger partial charge in [0.25, 0.3) is 0 Å². The normalized spacial score (nSPS) is 11.4. The Labute approximate surface area is 122 Å². The standard InChI is InChI=1S/C18H16N2O/c1-3-13-7-9-19-17(13)15(5-1)11-21-12-16-6-2-4-14-8-10-20-18(14)16/h1-10,19-20H,11-12H2. The molecule has 0 aliphatic rings. The number of nitrogens with one attached hydrogen (secondary N) is 2. The van der Waals surface area contributed by atoms with Crippen molar-refractivity contribution >= 4 is 21.8 Å². The van der Waals surface area contributed by atoms with Crippen molar-refractivity contribution in [3.8, 4) is 0 Å². The van der Waals surface area contributed by atoms with Crippen LogP contribution in [0.1, 0.15) is 11.1 Å². The molecule has 0 saturated heterocycles. The highest BCUT2D eigenvalue weighted by Gasteiger charge is 2.04. The number of hydrogen-bond acceptors (Lipinski definition) is 1. The molecule has 0 saturated carbocycles. The molecule has 0 spiro atoms. The zero-order valence-electron chi connectivity index (χ0n) is 11.6. The Morgan fingerprint density at radius 1 is 0.667 bits per heavy atom. The van der Waals surface area contributed by atoms with E-state index in [1.807, 2.05) is 12.4 Å². The first-order valence-corrected chi connectivity index (χ1v) is 7.09. The van der Waals surface area contributed by atoms with E-state index in [1.54, 1.807) is 0 Å². The summed E-state index contributed by atoms with van der Waals surface area (Å²) in [6.07, 6.45) is 3.93. The Hall–Kier alpha value is -2.52. The molecule has 3 heteroatoms. The molecule has 21 heavy (non-hydrogen) atoms. The summed E-state index contributed by atoms with van der Waals surface area (Å²) in [6.45, 7) is 1.21. The molecule has 2 aromatic carbocycles. The fraction of sp³-hybridized carbons (Fsp3) is 0.111. The van der Waals surface area contributed by atoms with E-state index < -0.39 is 0 Å². The fourth-order valence-corrected chi connectivity index (χ4v) is 2.81. The van der Waals surface area contributed by atoms with Crippen LogP contribution < -0.4 is 0 Å². The van der Waals surface area contributed by atoms with E-state index in [1.165, 1.54) is 21.9 Å². The Bertz CT molecular complexity index is 814. The van der Waals surface area contributed by atoms with Crippen molar-refractivity contribution in [2.45, 2.75) is 13.2 Å². The molecule has 104 valence electrons. The SMILES string of the molecule is c1cc(COCc2cccc3cc[nH]c23)c2[nH]ccc2c1. The van der Waals surface area contributed by atoms with Gasteiger partial charge in [0.1, 0.15) is 0 Å². The highest BCUT2D eigenvalue weighted by Crippen LogP contribution is 2.20. The number of ether oxygens (including phenoxy) is 1. The van der Waals surface area contributed by atoms with Crippen LogP contribution in [0.25, 0.3) is 21.8 Å². The number of para-hydroxylation sites is 2. The van der Waals surface area contributed by atoms with Crippen molar-refractivity contribution in [2.24, 2.45) is 0 Å². The predicted octanol–water partition coefficient (Wildman–Crippen LogP) is 4.37. The summed E-state index contributed by atoms with van der Waals surface area (Å²) >= 11 is 0. The van der Waals surface area contributed by atoms with E-state index >= 15 is 0 Å². The highest BCUT2D eigenvalue weighted by molar-refractivity contribution is 5.83. The molecule has 0 unspecified atom stereocenters. The summed E-state index contributed by atoms with van der Waals surface area (Å²) in [5, 5.41) is 2.45. The van der Waals surface area contributed by atoms with Gasteiger partial charge in [0.2, 0.25) is 0 Å². The smallest absolute Gasteiger partial charge is 0.0741 e. The summed E-state index contributed by atoms with van der Waals surface area (Å²) in [6, 6.07) is 16.7. The van der Waals surface area contributed by atoms with E-state index in [-0.39, 0.29) is 0 Å². The third-order valence-electron chi connectivity index (χ3n) is 3.86. The van der Waals surface area contributed by atoms with Crippen LogP contribution in [0.5, 0.6) is 0 Å². The van der Waals surface area contributed by atoms with Gasteiger partial charge in [-0.25, -0.2) is 0 Å². The first-order chi connectivity index (χ1) is 10.4. The van der Waals surface area contributed by atoms with E-state index in [9.17, 15) is 0 Å². The molecule has 0 aliphatic carbocycles. The van der Waals surface area contributed by atoms with Crippen LogP contribution in [0, 0.1) is 0 Å². The Balaban J connectivity index is 1.53. The zero-order valence-corrected chi connectivity index (χ0v) is 11.6. The van der Waals surface area contributed by atoms with Crippen LogP contribution in [0.3, 0.4) is 0 Å². The van der Waals surface area contributed by atoms with E-state index in [0.29, 0.717) is 13.2 Å². The number of benzene rings is 2. The van der Waals surface area contributed by atoms with Gasteiger partial charge in [-0.3, -0.25) is 0 Å². The lowest BCUT2D eigenvalue weighted by Gasteiger charge is -2.07. The van der Waals surface area contributed by atoms with Crippen LogP contribution in [0.2, 0.25) is 0 Å². The molecule has 4 aromatic rings. The Kier molecular flexibility index (Phi) is 2.98. The van der Waals surface area contributed by atoms with Crippen molar-refractivity contribution < 1.29 is 4.74 Å². The van der Waals surface area contributed by atoms with Gasteiger partial charge in [-0.1, -0.05) is 36.4 Å². The first kappa shape index (κ1) is 12.2. The van der Waals surface area contributed by atoms with Crippen LogP contribution in [0.4, 0.5) is 0 Å². The highest BCUT2D eigenvalue weighted by atomic mass is 16.5. The second-order valence-electron chi connectivity index (χ2n) is 5.21. The van der Waals surface area contributed by atoms with Gasteiger partial charge in [-0.2, -0.15) is 0 Å². The summed E-state index contributed by atoms with van der Waals surface area (Å²) in [7, 11) is 0. The number of aromatic nitrogens is 2. The van der Waals surface area contributed by atoms with Crippen LogP contribution in [0.15, 0.2) is 60.9 Å². The average molecular weight is 276 g/mol. The summed E-state index contributed by atoms with van der Waals surface area (Å²) in [5.74, 6) is 0. The van der Waals surface area contributed by atoms with Gasteiger partial charge >= 0.3 is 0 Å². The molecule has 0 atom stereocenters. The van der Waals surface area contributed by atoms with Gasteiger partial charge in [0, 0.05) is 23.5 Å². The van der Waals surface area contributed by atoms with E-state index in [4.69, 9.17) is 4.74 Å². The van der Waals surface area contributed by atoms with Crippen molar-refractivity contribution in [2.75, 3.05) is 0 Å². The summed E-state index contributed by atoms with van der Waals surface area (Å²) < 4.78 is 5.92. The minimum absolute atomic E-state index is 0.606. The lowest BCUT2D eigenvalue weighted by molar-refractivity contribution is 0.108. The molecule has 2 heterocycles.